The monoisotopic (exact) mass is 271 g/mol. The van der Waals surface area contributed by atoms with Crippen molar-refractivity contribution in [3.63, 3.8) is 0 Å². The quantitative estimate of drug-likeness (QED) is 0.859. The number of hydrogen-bond acceptors (Lipinski definition) is 5. The molecule has 1 aromatic heterocycles. The molecule has 1 atom stereocenters. The van der Waals surface area contributed by atoms with Crippen molar-refractivity contribution >= 4 is 5.78 Å². The maximum atomic E-state index is 12.7. The van der Waals surface area contributed by atoms with Crippen LogP contribution in [0.5, 0.6) is 5.75 Å². The zero-order valence-corrected chi connectivity index (χ0v) is 11.0. The Morgan fingerprint density at radius 3 is 3.10 bits per heavy atom. The van der Waals surface area contributed by atoms with Crippen LogP contribution in [-0.4, -0.2) is 23.2 Å². The van der Waals surface area contributed by atoms with Crippen LogP contribution in [0.15, 0.2) is 22.7 Å². The second-order valence-corrected chi connectivity index (χ2v) is 5.26. The van der Waals surface area contributed by atoms with Gasteiger partial charge in [0.05, 0.1) is 18.2 Å². The number of carbonyl (C=O) groups is 1. The van der Waals surface area contributed by atoms with E-state index >= 15 is 0 Å². The second-order valence-electron chi connectivity index (χ2n) is 5.26. The van der Waals surface area contributed by atoms with Crippen molar-refractivity contribution in [1.29, 1.82) is 0 Å². The summed E-state index contributed by atoms with van der Waals surface area (Å²) in [6.07, 6.45) is 1.81. The molecule has 0 fully saturated rings. The third kappa shape index (κ3) is 1.21. The zero-order valence-electron chi connectivity index (χ0n) is 11.0. The summed E-state index contributed by atoms with van der Waals surface area (Å²) < 4.78 is 10.7. The summed E-state index contributed by atoms with van der Waals surface area (Å²) in [5, 5.41) is 14.9. The first-order valence-electron chi connectivity index (χ1n) is 6.60. The number of Topliss-reactive ketones (excluding diaryl/α,β-unsaturated/α-hetero) is 1. The van der Waals surface area contributed by atoms with E-state index in [1.54, 1.807) is 25.3 Å². The first-order valence-corrected chi connectivity index (χ1v) is 6.60. The van der Waals surface area contributed by atoms with E-state index in [4.69, 9.17) is 9.26 Å². The van der Waals surface area contributed by atoms with Crippen molar-refractivity contribution in [1.82, 2.24) is 5.16 Å². The van der Waals surface area contributed by atoms with E-state index < -0.39 is 5.60 Å². The van der Waals surface area contributed by atoms with Crippen LogP contribution in [0.3, 0.4) is 0 Å². The van der Waals surface area contributed by atoms with Gasteiger partial charge in [-0.1, -0.05) is 17.3 Å². The van der Waals surface area contributed by atoms with Crippen molar-refractivity contribution in [2.24, 2.45) is 0 Å². The van der Waals surface area contributed by atoms with Crippen LogP contribution in [0.2, 0.25) is 0 Å². The number of ketones is 1. The number of ether oxygens (including phenoxy) is 1. The van der Waals surface area contributed by atoms with Crippen LogP contribution < -0.4 is 4.74 Å². The first-order chi connectivity index (χ1) is 9.66. The molecule has 2 aromatic rings. The molecule has 0 spiro atoms. The van der Waals surface area contributed by atoms with Gasteiger partial charge >= 0.3 is 0 Å². The molecular weight excluding hydrogens is 258 g/mol. The van der Waals surface area contributed by atoms with Crippen LogP contribution in [-0.2, 0) is 12.0 Å². The molecule has 0 saturated carbocycles. The van der Waals surface area contributed by atoms with E-state index in [1.165, 1.54) is 0 Å². The number of benzene rings is 1. The Morgan fingerprint density at radius 1 is 1.45 bits per heavy atom. The van der Waals surface area contributed by atoms with Crippen LogP contribution in [0, 0.1) is 0 Å². The summed E-state index contributed by atoms with van der Waals surface area (Å²) in [4.78, 5) is 12.7. The Morgan fingerprint density at radius 2 is 2.30 bits per heavy atom. The van der Waals surface area contributed by atoms with Gasteiger partial charge in [-0.05, 0) is 18.9 Å². The lowest BCUT2D eigenvalue weighted by Crippen LogP contribution is -2.41. The Bertz CT molecular complexity index is 733. The number of methoxy groups -OCH3 is 1. The molecule has 5 nitrogen and oxygen atoms in total. The van der Waals surface area contributed by atoms with Crippen LogP contribution in [0.4, 0.5) is 0 Å². The smallest absolute Gasteiger partial charge is 0.199 e. The molecule has 102 valence electrons. The van der Waals surface area contributed by atoms with Gasteiger partial charge in [0, 0.05) is 12.0 Å². The standard InChI is InChI=1S/C15H13NO4/c1-19-9-5-2-4-8-11(9)13-12-10(20-16-13)6-3-7-15(12,18)14(8)17/h2,4-5,18H,3,6-7H2,1H3/t15-/m0/s1. The first kappa shape index (κ1) is 11.7. The zero-order chi connectivity index (χ0) is 13.9. The molecule has 0 unspecified atom stereocenters. The molecule has 20 heavy (non-hydrogen) atoms. The van der Waals surface area contributed by atoms with Crippen molar-refractivity contribution < 1.29 is 19.2 Å². The molecular formula is C15H13NO4. The predicted octanol–water partition coefficient (Wildman–Crippen LogP) is 2.07. The minimum absolute atomic E-state index is 0.289. The third-order valence-corrected chi connectivity index (χ3v) is 4.22. The normalized spacial score (nSPS) is 23.2. The van der Waals surface area contributed by atoms with E-state index in [1.807, 2.05) is 0 Å². The molecule has 2 aliphatic rings. The molecule has 1 N–H and O–H groups in total. The van der Waals surface area contributed by atoms with E-state index in [0.717, 1.165) is 0 Å². The fraction of sp³-hybridized carbons (Fsp3) is 0.333. The Labute approximate surface area is 115 Å². The molecule has 0 bridgehead atoms. The highest BCUT2D eigenvalue weighted by Gasteiger charge is 2.51. The van der Waals surface area contributed by atoms with Gasteiger partial charge < -0.3 is 14.4 Å². The van der Waals surface area contributed by atoms with E-state index in [0.29, 0.717) is 53.2 Å². The van der Waals surface area contributed by atoms with Gasteiger partial charge in [0.2, 0.25) is 0 Å². The minimum atomic E-state index is -1.50. The average Bonchev–Trinajstić information content (AvgIpc) is 2.90. The highest BCUT2D eigenvalue weighted by atomic mass is 16.5. The predicted molar refractivity (Wildman–Crippen MR) is 69.7 cm³/mol. The molecule has 0 aliphatic heterocycles. The summed E-state index contributed by atoms with van der Waals surface area (Å²) in [6.45, 7) is 0. The number of hydrogen-bond donors (Lipinski definition) is 1. The fourth-order valence-corrected chi connectivity index (χ4v) is 3.31. The van der Waals surface area contributed by atoms with Crippen molar-refractivity contribution in [3.05, 3.63) is 35.1 Å². The largest absolute Gasteiger partial charge is 0.496 e. The van der Waals surface area contributed by atoms with E-state index in [2.05, 4.69) is 5.16 Å². The van der Waals surface area contributed by atoms with Crippen LogP contribution in [0.1, 0.15) is 34.5 Å². The summed E-state index contributed by atoms with van der Waals surface area (Å²) in [6, 6.07) is 5.22. The van der Waals surface area contributed by atoms with E-state index in [-0.39, 0.29) is 5.78 Å². The van der Waals surface area contributed by atoms with Crippen LogP contribution >= 0.6 is 0 Å². The van der Waals surface area contributed by atoms with Crippen molar-refractivity contribution in [3.8, 4) is 17.0 Å². The van der Waals surface area contributed by atoms with Gasteiger partial charge in [-0.2, -0.15) is 0 Å². The lowest BCUT2D eigenvalue weighted by Gasteiger charge is -2.34. The number of aromatic nitrogens is 1. The van der Waals surface area contributed by atoms with Gasteiger partial charge in [0.25, 0.3) is 0 Å². The topological polar surface area (TPSA) is 72.6 Å². The SMILES string of the molecule is COc1cccc2c1-c1noc3c1[C@@](O)(CCC3)C2=O. The minimum Gasteiger partial charge on any atom is -0.496 e. The van der Waals surface area contributed by atoms with Gasteiger partial charge in [-0.3, -0.25) is 4.79 Å². The molecule has 0 saturated heterocycles. The number of nitrogens with zero attached hydrogens (tertiary/aromatic N) is 1. The molecule has 0 amide bonds. The number of aliphatic hydroxyl groups is 1. The lowest BCUT2D eigenvalue weighted by atomic mass is 9.71. The maximum absolute atomic E-state index is 12.7. The maximum Gasteiger partial charge on any atom is 0.199 e. The Balaban J connectivity index is 2.12. The Hall–Kier alpha value is -2.14. The highest BCUT2D eigenvalue weighted by Crippen LogP contribution is 2.50. The summed E-state index contributed by atoms with van der Waals surface area (Å²) in [7, 11) is 1.55. The summed E-state index contributed by atoms with van der Waals surface area (Å²) >= 11 is 0. The molecule has 1 aromatic carbocycles. The molecule has 4 rings (SSSR count). The number of rotatable bonds is 1. The number of aryl methyl sites for hydroxylation is 1. The molecule has 0 radical (unpaired) electrons. The molecule has 1 heterocycles. The third-order valence-electron chi connectivity index (χ3n) is 4.22. The molecule has 5 heteroatoms. The fourth-order valence-electron chi connectivity index (χ4n) is 3.31. The van der Waals surface area contributed by atoms with E-state index in [9.17, 15) is 9.90 Å². The van der Waals surface area contributed by atoms with Crippen molar-refractivity contribution in [2.45, 2.75) is 24.9 Å². The lowest BCUT2D eigenvalue weighted by molar-refractivity contribution is 0.0186. The average molecular weight is 271 g/mol. The van der Waals surface area contributed by atoms with Crippen LogP contribution in [0.25, 0.3) is 11.3 Å². The van der Waals surface area contributed by atoms with Gasteiger partial charge in [0.15, 0.2) is 11.4 Å². The van der Waals surface area contributed by atoms with Gasteiger partial charge in [-0.15, -0.1) is 0 Å². The second kappa shape index (κ2) is 3.70. The van der Waals surface area contributed by atoms with Gasteiger partial charge in [-0.25, -0.2) is 0 Å². The number of carbonyl (C=O) groups excluding carboxylic acids is 1. The summed E-state index contributed by atoms with van der Waals surface area (Å²) in [5.41, 5.74) is 0.639. The number of fused-ring (bicyclic) bond motifs is 2. The van der Waals surface area contributed by atoms with Gasteiger partial charge in [0.1, 0.15) is 17.2 Å². The molecule has 2 aliphatic carbocycles. The van der Waals surface area contributed by atoms with Crippen molar-refractivity contribution in [2.75, 3.05) is 7.11 Å². The Kier molecular flexibility index (Phi) is 2.16. The highest BCUT2D eigenvalue weighted by molar-refractivity contribution is 6.12. The summed E-state index contributed by atoms with van der Waals surface area (Å²) in [5.74, 6) is 0.890.